The summed E-state index contributed by atoms with van der Waals surface area (Å²) in [6.07, 6.45) is 9.72. The topological polar surface area (TPSA) is 29.4 Å². The molecule has 2 heteroatoms. The lowest BCUT2D eigenvalue weighted by Gasteiger charge is -2.10. The minimum absolute atomic E-state index is 0.00699. The lowest BCUT2D eigenvalue weighted by molar-refractivity contribution is -0.108. The minimum Gasteiger partial charge on any atom is -0.288 e. The van der Waals surface area contributed by atoms with Crippen LogP contribution >= 0.6 is 0 Å². The second-order valence-electron chi connectivity index (χ2n) is 2.51. The number of hydrogen-bond acceptors (Lipinski definition) is 2. The van der Waals surface area contributed by atoms with Crippen LogP contribution in [0.1, 0.15) is 6.42 Å². The number of rotatable bonds is 0. The van der Waals surface area contributed by atoms with E-state index in [9.17, 15) is 4.79 Å². The molecule has 11 heavy (non-hydrogen) atoms. The van der Waals surface area contributed by atoms with E-state index in [2.05, 4.69) is 4.99 Å². The van der Waals surface area contributed by atoms with Crippen molar-refractivity contribution in [2.75, 3.05) is 0 Å². The molecule has 1 heterocycles. The van der Waals surface area contributed by atoms with E-state index in [1.54, 1.807) is 6.08 Å². The first kappa shape index (κ1) is 6.28. The van der Waals surface area contributed by atoms with E-state index in [0.29, 0.717) is 0 Å². The summed E-state index contributed by atoms with van der Waals surface area (Å²) in [5.41, 5.74) is 1.95. The van der Waals surface area contributed by atoms with E-state index >= 15 is 0 Å². The lowest BCUT2D eigenvalue weighted by Crippen LogP contribution is -2.05. The fraction of sp³-hybridized carbons (Fsp3) is 0.111. The van der Waals surface area contributed by atoms with E-state index in [1.807, 2.05) is 18.2 Å². The van der Waals surface area contributed by atoms with Gasteiger partial charge in [0.2, 0.25) is 0 Å². The molecule has 54 valence electrons. The third kappa shape index (κ3) is 1.07. The van der Waals surface area contributed by atoms with Crippen LogP contribution in [-0.2, 0) is 4.79 Å². The molecule has 0 saturated carbocycles. The molecule has 1 aliphatic heterocycles. The average Bonchev–Trinajstić information content (AvgIpc) is 2.04. The highest BCUT2D eigenvalue weighted by Crippen LogP contribution is 2.22. The van der Waals surface area contributed by atoms with Gasteiger partial charge in [-0.2, -0.15) is 0 Å². The van der Waals surface area contributed by atoms with Crippen LogP contribution in [0.2, 0.25) is 0 Å². The van der Waals surface area contributed by atoms with Crippen molar-refractivity contribution in [2.24, 2.45) is 4.99 Å². The molecule has 0 bridgehead atoms. The van der Waals surface area contributed by atoms with Crippen LogP contribution < -0.4 is 0 Å². The van der Waals surface area contributed by atoms with E-state index in [0.717, 1.165) is 17.7 Å². The second-order valence-corrected chi connectivity index (χ2v) is 2.51. The van der Waals surface area contributed by atoms with Crippen molar-refractivity contribution in [1.29, 1.82) is 0 Å². The first-order chi connectivity index (χ1) is 5.36. The highest BCUT2D eigenvalue weighted by molar-refractivity contribution is 6.34. The SMILES string of the molecule is O=C1C=NC2=CC=CCC2=C1. The van der Waals surface area contributed by atoms with Gasteiger partial charge in [0, 0.05) is 0 Å². The van der Waals surface area contributed by atoms with Gasteiger partial charge in [-0.1, -0.05) is 12.2 Å². The van der Waals surface area contributed by atoms with Gasteiger partial charge in [-0.15, -0.1) is 0 Å². The largest absolute Gasteiger partial charge is 0.288 e. The van der Waals surface area contributed by atoms with Gasteiger partial charge in [0.15, 0.2) is 5.78 Å². The van der Waals surface area contributed by atoms with Crippen molar-refractivity contribution >= 4 is 12.0 Å². The van der Waals surface area contributed by atoms with E-state index in [-0.39, 0.29) is 5.78 Å². The zero-order valence-corrected chi connectivity index (χ0v) is 5.95. The van der Waals surface area contributed by atoms with Crippen molar-refractivity contribution in [1.82, 2.24) is 0 Å². The van der Waals surface area contributed by atoms with Gasteiger partial charge in [-0.05, 0) is 24.1 Å². The fourth-order valence-corrected chi connectivity index (χ4v) is 1.17. The minimum atomic E-state index is -0.00699. The van der Waals surface area contributed by atoms with Crippen LogP contribution in [-0.4, -0.2) is 12.0 Å². The zero-order chi connectivity index (χ0) is 7.68. The van der Waals surface area contributed by atoms with Gasteiger partial charge < -0.3 is 0 Å². The molecular formula is C9H7NO. The fourth-order valence-electron chi connectivity index (χ4n) is 1.17. The summed E-state index contributed by atoms with van der Waals surface area (Å²) >= 11 is 0. The predicted octanol–water partition coefficient (Wildman–Crippen LogP) is 1.41. The van der Waals surface area contributed by atoms with Gasteiger partial charge in [0.05, 0.1) is 11.9 Å². The van der Waals surface area contributed by atoms with Crippen LogP contribution in [0.25, 0.3) is 0 Å². The number of allylic oxidation sites excluding steroid dienone is 5. The molecule has 0 N–H and O–H groups in total. The normalized spacial score (nSPS) is 20.9. The number of aliphatic imine (C=N–C) groups is 1. The molecule has 2 nitrogen and oxygen atoms in total. The molecule has 0 spiro atoms. The van der Waals surface area contributed by atoms with Crippen LogP contribution in [0.15, 0.2) is 40.6 Å². The number of dihydropyridines is 1. The Morgan fingerprint density at radius 1 is 1.45 bits per heavy atom. The quantitative estimate of drug-likeness (QED) is 0.506. The Labute approximate surface area is 64.6 Å². The summed E-state index contributed by atoms with van der Waals surface area (Å²) < 4.78 is 0. The van der Waals surface area contributed by atoms with Crippen molar-refractivity contribution in [3.05, 3.63) is 35.6 Å². The number of fused-ring (bicyclic) bond motifs is 1. The maximum absolute atomic E-state index is 10.8. The van der Waals surface area contributed by atoms with Crippen molar-refractivity contribution in [2.45, 2.75) is 6.42 Å². The Bertz CT molecular complexity index is 318. The smallest absolute Gasteiger partial charge is 0.197 e. The molecule has 0 amide bonds. The summed E-state index contributed by atoms with van der Waals surface area (Å²) in [6, 6.07) is 0. The first-order valence-corrected chi connectivity index (χ1v) is 3.52. The van der Waals surface area contributed by atoms with Gasteiger partial charge >= 0.3 is 0 Å². The van der Waals surface area contributed by atoms with Gasteiger partial charge in [0.1, 0.15) is 0 Å². The molecule has 0 atom stereocenters. The van der Waals surface area contributed by atoms with Crippen LogP contribution in [0.3, 0.4) is 0 Å². The van der Waals surface area contributed by atoms with Crippen LogP contribution in [0.4, 0.5) is 0 Å². The molecule has 0 aromatic heterocycles. The highest BCUT2D eigenvalue weighted by atomic mass is 16.1. The van der Waals surface area contributed by atoms with Gasteiger partial charge in [-0.3, -0.25) is 9.79 Å². The Hall–Kier alpha value is -1.44. The molecule has 1 aliphatic carbocycles. The number of hydrogen-bond donors (Lipinski definition) is 0. The molecule has 2 aliphatic rings. The maximum Gasteiger partial charge on any atom is 0.197 e. The highest BCUT2D eigenvalue weighted by Gasteiger charge is 2.10. The first-order valence-electron chi connectivity index (χ1n) is 3.52. The van der Waals surface area contributed by atoms with E-state index < -0.39 is 0 Å². The Balaban J connectivity index is 2.44. The monoisotopic (exact) mass is 145 g/mol. The second kappa shape index (κ2) is 2.31. The molecule has 0 fully saturated rings. The third-order valence-electron chi connectivity index (χ3n) is 1.70. The van der Waals surface area contributed by atoms with Crippen LogP contribution in [0, 0.1) is 0 Å². The van der Waals surface area contributed by atoms with Gasteiger partial charge in [0.25, 0.3) is 0 Å². The van der Waals surface area contributed by atoms with Crippen molar-refractivity contribution < 1.29 is 4.79 Å². The molecular weight excluding hydrogens is 138 g/mol. The molecule has 0 aromatic carbocycles. The molecule has 0 radical (unpaired) electrons. The third-order valence-corrected chi connectivity index (χ3v) is 1.70. The van der Waals surface area contributed by atoms with Gasteiger partial charge in [-0.25, -0.2) is 0 Å². The molecule has 2 rings (SSSR count). The zero-order valence-electron chi connectivity index (χ0n) is 5.95. The van der Waals surface area contributed by atoms with Crippen LogP contribution in [0.5, 0.6) is 0 Å². The summed E-state index contributed by atoms with van der Waals surface area (Å²) in [5, 5.41) is 0. The summed E-state index contributed by atoms with van der Waals surface area (Å²) in [6.45, 7) is 0. The Kier molecular flexibility index (Phi) is 1.32. The molecule has 0 aromatic rings. The molecule has 0 saturated heterocycles. The summed E-state index contributed by atoms with van der Waals surface area (Å²) in [5.74, 6) is -0.00699. The number of carbonyl (C=O) groups is 1. The standard InChI is InChI=1S/C9H7NO/c11-8-5-7-3-1-2-4-9(7)10-6-8/h1-2,4-6H,3H2. The summed E-state index contributed by atoms with van der Waals surface area (Å²) in [7, 11) is 0. The van der Waals surface area contributed by atoms with Crippen molar-refractivity contribution in [3.63, 3.8) is 0 Å². The Morgan fingerprint density at radius 3 is 3.27 bits per heavy atom. The average molecular weight is 145 g/mol. The predicted molar refractivity (Wildman–Crippen MR) is 43.4 cm³/mol. The number of ketones is 1. The van der Waals surface area contributed by atoms with E-state index in [1.165, 1.54) is 6.21 Å². The summed E-state index contributed by atoms with van der Waals surface area (Å²) in [4.78, 5) is 14.8. The van der Waals surface area contributed by atoms with Crippen molar-refractivity contribution in [3.8, 4) is 0 Å². The number of carbonyl (C=O) groups excluding carboxylic acids is 1. The number of nitrogens with zero attached hydrogens (tertiary/aromatic N) is 1. The Morgan fingerprint density at radius 2 is 2.36 bits per heavy atom. The van der Waals surface area contributed by atoms with E-state index in [4.69, 9.17) is 0 Å². The molecule has 0 unspecified atom stereocenters. The lowest BCUT2D eigenvalue weighted by atomic mass is 10.0. The maximum atomic E-state index is 10.8.